The van der Waals surface area contributed by atoms with Crippen molar-refractivity contribution in [3.8, 4) is 0 Å². The predicted octanol–water partition coefficient (Wildman–Crippen LogP) is 4.34. The third-order valence-corrected chi connectivity index (χ3v) is 6.79. The van der Waals surface area contributed by atoms with Crippen molar-refractivity contribution in [3.63, 3.8) is 0 Å². The van der Waals surface area contributed by atoms with E-state index >= 15 is 0 Å². The van der Waals surface area contributed by atoms with Crippen molar-refractivity contribution in [3.05, 3.63) is 95.0 Å². The summed E-state index contributed by atoms with van der Waals surface area (Å²) in [6.45, 7) is 1.66. The summed E-state index contributed by atoms with van der Waals surface area (Å²) in [6, 6.07) is 24.1. The molecule has 0 aliphatic heterocycles. The fraction of sp³-hybridized carbons (Fsp3) is 0.185. The molecule has 2 N–H and O–H groups in total. The number of thiazole rings is 1. The van der Waals surface area contributed by atoms with E-state index in [-0.39, 0.29) is 12.5 Å². The maximum absolute atomic E-state index is 13.7. The monoisotopic (exact) mass is 487 g/mol. The number of ether oxygens (including phenoxy) is 1. The molecule has 0 spiro atoms. The third-order valence-electron chi connectivity index (χ3n) is 5.76. The molecule has 1 aromatic heterocycles. The van der Waals surface area contributed by atoms with Gasteiger partial charge in [0.2, 0.25) is 5.91 Å². The van der Waals surface area contributed by atoms with Crippen LogP contribution in [0.2, 0.25) is 0 Å². The lowest BCUT2D eigenvalue weighted by Crippen LogP contribution is -2.39. The van der Waals surface area contributed by atoms with Crippen molar-refractivity contribution in [2.45, 2.75) is 18.8 Å². The van der Waals surface area contributed by atoms with E-state index in [4.69, 9.17) is 4.98 Å². The number of nitrogens with zero attached hydrogens (tertiary/aromatic N) is 1. The van der Waals surface area contributed by atoms with Crippen molar-refractivity contribution in [1.29, 1.82) is 0 Å². The molecule has 4 rings (SSSR count). The number of fused-ring (bicyclic) bond motifs is 1. The highest BCUT2D eigenvalue weighted by Crippen LogP contribution is 2.33. The number of para-hydroxylation sites is 1. The Hall–Kier alpha value is -4.04. The lowest BCUT2D eigenvalue weighted by molar-refractivity contribution is -0.139. The van der Waals surface area contributed by atoms with Crippen LogP contribution in [0.15, 0.2) is 78.9 Å². The zero-order valence-corrected chi connectivity index (χ0v) is 20.2. The number of nitrogens with one attached hydrogen (secondary N) is 2. The van der Waals surface area contributed by atoms with Gasteiger partial charge in [0.25, 0.3) is 5.91 Å². The number of hydrogen-bond acceptors (Lipinski definition) is 6. The van der Waals surface area contributed by atoms with Gasteiger partial charge in [-0.05, 0) is 42.8 Å². The summed E-state index contributed by atoms with van der Waals surface area (Å²) in [5.74, 6) is -1.20. The Labute approximate surface area is 207 Å². The zero-order valence-electron chi connectivity index (χ0n) is 19.4. The first-order valence-electron chi connectivity index (χ1n) is 11.1. The first-order chi connectivity index (χ1) is 16.9. The van der Waals surface area contributed by atoms with E-state index in [9.17, 15) is 14.4 Å². The number of rotatable bonds is 8. The Bertz CT molecular complexity index is 1340. The second kappa shape index (κ2) is 10.5. The fourth-order valence-electron chi connectivity index (χ4n) is 3.75. The molecule has 0 aliphatic carbocycles. The topological polar surface area (TPSA) is 97.4 Å². The highest BCUT2D eigenvalue weighted by molar-refractivity contribution is 7.18. The first kappa shape index (κ1) is 24.1. The van der Waals surface area contributed by atoms with Crippen LogP contribution in [0.4, 0.5) is 5.69 Å². The lowest BCUT2D eigenvalue weighted by Gasteiger charge is -2.28. The van der Waals surface area contributed by atoms with Crippen molar-refractivity contribution < 1.29 is 19.1 Å². The Balaban J connectivity index is 1.58. The minimum absolute atomic E-state index is 0.213. The summed E-state index contributed by atoms with van der Waals surface area (Å²) in [5.41, 5.74) is 1.67. The van der Waals surface area contributed by atoms with Crippen LogP contribution in [0, 0.1) is 0 Å². The van der Waals surface area contributed by atoms with E-state index in [0.29, 0.717) is 17.7 Å². The minimum Gasteiger partial charge on any atom is -0.468 e. The molecule has 0 bridgehead atoms. The molecule has 3 aromatic carbocycles. The van der Waals surface area contributed by atoms with Gasteiger partial charge in [-0.2, -0.15) is 0 Å². The predicted molar refractivity (Wildman–Crippen MR) is 137 cm³/mol. The van der Waals surface area contributed by atoms with Crippen LogP contribution in [-0.4, -0.2) is 36.4 Å². The van der Waals surface area contributed by atoms with Gasteiger partial charge < -0.3 is 15.4 Å². The Morgan fingerprint density at radius 3 is 2.46 bits per heavy atom. The summed E-state index contributed by atoms with van der Waals surface area (Å²) in [4.78, 5) is 42.2. The molecule has 0 fully saturated rings. The average molecular weight is 488 g/mol. The van der Waals surface area contributed by atoms with Crippen LogP contribution in [0.5, 0.6) is 0 Å². The van der Waals surface area contributed by atoms with Crippen molar-refractivity contribution in [1.82, 2.24) is 10.3 Å². The highest BCUT2D eigenvalue weighted by Gasteiger charge is 2.36. The number of hydrogen-bond donors (Lipinski definition) is 2. The average Bonchev–Trinajstić information content (AvgIpc) is 3.29. The van der Waals surface area contributed by atoms with Crippen LogP contribution >= 0.6 is 11.3 Å². The molecule has 1 heterocycles. The molecule has 2 amide bonds. The summed E-state index contributed by atoms with van der Waals surface area (Å²) < 4.78 is 5.62. The molecule has 0 saturated heterocycles. The molecule has 4 aromatic rings. The largest absolute Gasteiger partial charge is 0.468 e. The van der Waals surface area contributed by atoms with Gasteiger partial charge >= 0.3 is 5.97 Å². The van der Waals surface area contributed by atoms with Crippen LogP contribution in [0.3, 0.4) is 0 Å². The molecule has 35 heavy (non-hydrogen) atoms. The van der Waals surface area contributed by atoms with Crippen molar-refractivity contribution >= 4 is 45.0 Å². The minimum atomic E-state index is -0.904. The van der Waals surface area contributed by atoms with Crippen LogP contribution in [0.1, 0.15) is 27.9 Å². The smallest absolute Gasteiger partial charge is 0.325 e. The van der Waals surface area contributed by atoms with E-state index in [1.807, 2.05) is 61.5 Å². The van der Waals surface area contributed by atoms with Crippen molar-refractivity contribution in [2.75, 3.05) is 19.0 Å². The van der Waals surface area contributed by atoms with Gasteiger partial charge in [-0.15, -0.1) is 11.3 Å². The SMILES string of the molecule is COC(=O)CNC(=O)c1cccc(NC(=O)C(C)(Cc2nc3ccccc3s2)c2ccccc2)c1. The van der Waals surface area contributed by atoms with Gasteiger partial charge in [-0.25, -0.2) is 4.98 Å². The standard InChI is InChI=1S/C27H25N3O4S/c1-27(19-10-4-3-5-11-19,16-23-30-21-13-6-7-14-22(21)35-23)26(33)29-20-12-8-9-18(15-20)25(32)28-17-24(31)34-2/h3-15H,16-17H2,1-2H3,(H,28,32)(H,29,33). The normalized spacial score (nSPS) is 12.5. The number of carbonyl (C=O) groups is 3. The molecule has 1 atom stereocenters. The van der Waals surface area contributed by atoms with Gasteiger partial charge in [-0.1, -0.05) is 48.5 Å². The van der Waals surface area contributed by atoms with E-state index in [0.717, 1.165) is 20.8 Å². The molecule has 0 aliphatic rings. The number of amides is 2. The van der Waals surface area contributed by atoms with Crippen LogP contribution in [0.25, 0.3) is 10.2 Å². The van der Waals surface area contributed by atoms with E-state index in [1.165, 1.54) is 7.11 Å². The molecule has 178 valence electrons. The van der Waals surface area contributed by atoms with E-state index in [1.54, 1.807) is 35.6 Å². The third kappa shape index (κ3) is 5.55. The van der Waals surface area contributed by atoms with Gasteiger partial charge in [0.1, 0.15) is 6.54 Å². The Kier molecular flexibility index (Phi) is 7.22. The number of aromatic nitrogens is 1. The second-order valence-electron chi connectivity index (χ2n) is 8.24. The summed E-state index contributed by atoms with van der Waals surface area (Å²) in [5, 5.41) is 6.34. The Morgan fingerprint density at radius 2 is 1.71 bits per heavy atom. The number of anilines is 1. The van der Waals surface area contributed by atoms with Gasteiger partial charge in [0.15, 0.2) is 0 Å². The number of benzene rings is 3. The molecular formula is C27H25N3O4S. The maximum atomic E-state index is 13.7. The van der Waals surface area contributed by atoms with Crippen LogP contribution < -0.4 is 10.6 Å². The fourth-order valence-corrected chi connectivity index (χ4v) is 4.87. The van der Waals surface area contributed by atoms with Gasteiger partial charge in [-0.3, -0.25) is 14.4 Å². The molecule has 1 unspecified atom stereocenters. The summed E-state index contributed by atoms with van der Waals surface area (Å²) >= 11 is 1.58. The molecule has 7 nitrogen and oxygen atoms in total. The highest BCUT2D eigenvalue weighted by atomic mass is 32.1. The van der Waals surface area contributed by atoms with Gasteiger partial charge in [0.05, 0.1) is 27.7 Å². The second-order valence-corrected chi connectivity index (χ2v) is 9.36. The molecule has 0 saturated carbocycles. The lowest BCUT2D eigenvalue weighted by atomic mass is 9.78. The number of carbonyl (C=O) groups excluding carboxylic acids is 3. The Morgan fingerprint density at radius 1 is 0.971 bits per heavy atom. The van der Waals surface area contributed by atoms with Crippen LogP contribution in [-0.2, 0) is 26.2 Å². The van der Waals surface area contributed by atoms with Crippen molar-refractivity contribution in [2.24, 2.45) is 0 Å². The first-order valence-corrected chi connectivity index (χ1v) is 11.9. The zero-order chi connectivity index (χ0) is 24.8. The maximum Gasteiger partial charge on any atom is 0.325 e. The molecule has 8 heteroatoms. The number of esters is 1. The van der Waals surface area contributed by atoms with E-state index in [2.05, 4.69) is 15.4 Å². The quantitative estimate of drug-likeness (QED) is 0.361. The summed E-state index contributed by atoms with van der Waals surface area (Å²) in [6.07, 6.45) is 0.418. The van der Waals surface area contributed by atoms with E-state index < -0.39 is 17.3 Å². The molecular weight excluding hydrogens is 462 g/mol. The number of methoxy groups -OCH3 is 1. The van der Waals surface area contributed by atoms with Gasteiger partial charge in [0, 0.05) is 17.7 Å². The summed E-state index contributed by atoms with van der Waals surface area (Å²) in [7, 11) is 1.25. The molecule has 0 radical (unpaired) electrons.